The number of benzene rings is 1. The van der Waals surface area contributed by atoms with E-state index in [0.717, 1.165) is 5.56 Å². The van der Waals surface area contributed by atoms with E-state index >= 15 is 0 Å². The molecule has 5 rings (SSSR count). The molecule has 46 heavy (non-hydrogen) atoms. The second-order valence-corrected chi connectivity index (χ2v) is 12.0. The summed E-state index contributed by atoms with van der Waals surface area (Å²) in [6.45, 7) is 7.45. The summed E-state index contributed by atoms with van der Waals surface area (Å²) in [5.74, 6) is -1.14. The van der Waals surface area contributed by atoms with Crippen LogP contribution in [0.4, 0.5) is 0 Å². The van der Waals surface area contributed by atoms with E-state index in [0.29, 0.717) is 86.1 Å². The Morgan fingerprint density at radius 1 is 0.978 bits per heavy atom. The molecule has 1 aliphatic rings. The molecule has 0 unspecified atom stereocenters. The first-order valence-corrected chi connectivity index (χ1v) is 16.0. The van der Waals surface area contributed by atoms with Crippen molar-refractivity contribution < 1.29 is 19.2 Å². The summed E-state index contributed by atoms with van der Waals surface area (Å²) in [5, 5.41) is 13.1. The summed E-state index contributed by atoms with van der Waals surface area (Å²) in [7, 11) is 0. The molecule has 0 spiro atoms. The standard InChI is InChI=1S/C33H42N8O5/c1-4-22(3)29-31(44)35-14-7-17-40-27-18-23(10-11-25(27)37-33(40)46)30(43)34-13-6-16-39(15-5-8-28(42)38-29)32(45)24-19-36-41-20-21(2)9-12-26(24)41/h9-12,18-20,22,29H,4-8,13-17H2,1-3H3,(H,34,43)(H,35,44)(H,37,46)(H,38,42)/t22-,29-/m0/s1. The highest BCUT2D eigenvalue weighted by atomic mass is 16.2. The Balaban J connectivity index is 1.38. The third-order valence-corrected chi connectivity index (χ3v) is 8.61. The van der Waals surface area contributed by atoms with Gasteiger partial charge in [-0.1, -0.05) is 26.3 Å². The minimum atomic E-state index is -0.706. The maximum absolute atomic E-state index is 13.8. The molecule has 2 bridgehead atoms. The van der Waals surface area contributed by atoms with E-state index in [2.05, 4.69) is 26.0 Å². The summed E-state index contributed by atoms with van der Waals surface area (Å²) in [5.41, 5.74) is 3.48. The number of carbonyl (C=O) groups excluding carboxylic acids is 4. The smallest absolute Gasteiger partial charge is 0.326 e. The summed E-state index contributed by atoms with van der Waals surface area (Å²) in [6, 6.07) is 8.13. The molecular formula is C33H42N8O5. The van der Waals surface area contributed by atoms with Crippen molar-refractivity contribution in [3.8, 4) is 0 Å². The number of aromatic nitrogens is 4. The maximum Gasteiger partial charge on any atom is 0.326 e. The molecule has 4 aromatic rings. The number of aromatic amines is 1. The van der Waals surface area contributed by atoms with Crippen molar-refractivity contribution in [2.45, 2.75) is 65.5 Å². The molecule has 0 fully saturated rings. The minimum Gasteiger partial charge on any atom is -0.354 e. The fourth-order valence-corrected chi connectivity index (χ4v) is 5.76. The van der Waals surface area contributed by atoms with Gasteiger partial charge in [0, 0.05) is 50.9 Å². The predicted molar refractivity (Wildman–Crippen MR) is 174 cm³/mol. The van der Waals surface area contributed by atoms with Crippen molar-refractivity contribution in [3.05, 3.63) is 69.9 Å². The summed E-state index contributed by atoms with van der Waals surface area (Å²) in [6.07, 6.45) is 5.59. The van der Waals surface area contributed by atoms with E-state index in [1.165, 1.54) is 0 Å². The molecule has 0 saturated heterocycles. The SMILES string of the molecule is CC[C@H](C)[C@@H]1NC(=O)CCCN(C(=O)c2cnn3cc(C)ccc23)CCCNC(=O)c2ccc3[nH]c(=O)n(c3c2)CCCNC1=O. The van der Waals surface area contributed by atoms with Crippen molar-refractivity contribution in [2.24, 2.45) is 5.92 Å². The van der Waals surface area contributed by atoms with Gasteiger partial charge >= 0.3 is 5.69 Å². The van der Waals surface area contributed by atoms with Crippen molar-refractivity contribution in [1.82, 2.24) is 40.0 Å². The number of pyridine rings is 1. The Kier molecular flexibility index (Phi) is 10.2. The van der Waals surface area contributed by atoms with Gasteiger partial charge in [0.05, 0.1) is 28.3 Å². The number of amides is 4. The van der Waals surface area contributed by atoms with Gasteiger partial charge in [0.2, 0.25) is 11.8 Å². The molecule has 1 aromatic carbocycles. The number of hydrogen-bond acceptors (Lipinski definition) is 6. The number of aryl methyl sites for hydroxylation is 2. The topological polar surface area (TPSA) is 163 Å². The number of H-pyrrole nitrogens is 1. The van der Waals surface area contributed by atoms with Gasteiger partial charge in [-0.3, -0.25) is 23.7 Å². The van der Waals surface area contributed by atoms with Crippen LogP contribution in [0, 0.1) is 12.8 Å². The van der Waals surface area contributed by atoms with Crippen molar-refractivity contribution >= 4 is 40.2 Å². The summed E-state index contributed by atoms with van der Waals surface area (Å²) in [4.78, 5) is 70.2. The molecule has 244 valence electrons. The van der Waals surface area contributed by atoms with Crippen LogP contribution in [0.1, 0.15) is 72.2 Å². The lowest BCUT2D eigenvalue weighted by molar-refractivity contribution is -0.130. The molecule has 2 atom stereocenters. The van der Waals surface area contributed by atoms with Gasteiger partial charge < -0.3 is 25.8 Å². The Hall–Kier alpha value is -4.94. The number of fused-ring (bicyclic) bond motifs is 2. The highest BCUT2D eigenvalue weighted by molar-refractivity contribution is 6.00. The van der Waals surface area contributed by atoms with E-state index in [9.17, 15) is 24.0 Å². The quantitative estimate of drug-likeness (QED) is 0.272. The summed E-state index contributed by atoms with van der Waals surface area (Å²) >= 11 is 0. The minimum absolute atomic E-state index is 0.0948. The largest absolute Gasteiger partial charge is 0.354 e. The van der Waals surface area contributed by atoms with Crippen LogP contribution < -0.4 is 21.6 Å². The molecule has 0 radical (unpaired) electrons. The van der Waals surface area contributed by atoms with Gasteiger partial charge in [0.1, 0.15) is 6.04 Å². The van der Waals surface area contributed by atoms with Crippen LogP contribution in [0.3, 0.4) is 0 Å². The number of nitrogens with zero attached hydrogens (tertiary/aromatic N) is 4. The van der Waals surface area contributed by atoms with E-state index in [1.807, 2.05) is 39.1 Å². The van der Waals surface area contributed by atoms with E-state index < -0.39 is 6.04 Å². The molecule has 0 saturated carbocycles. The Morgan fingerprint density at radius 2 is 1.74 bits per heavy atom. The van der Waals surface area contributed by atoms with E-state index in [-0.39, 0.29) is 41.7 Å². The first kappa shape index (κ1) is 32.5. The fraction of sp³-hybridized carbons (Fsp3) is 0.455. The van der Waals surface area contributed by atoms with Crippen molar-refractivity contribution in [1.29, 1.82) is 0 Å². The lowest BCUT2D eigenvalue weighted by atomic mass is 9.98. The lowest BCUT2D eigenvalue weighted by Crippen LogP contribution is -2.50. The molecular weight excluding hydrogens is 588 g/mol. The zero-order chi connectivity index (χ0) is 32.8. The fourth-order valence-electron chi connectivity index (χ4n) is 5.76. The van der Waals surface area contributed by atoms with Gasteiger partial charge in [0.25, 0.3) is 11.8 Å². The molecule has 4 heterocycles. The third kappa shape index (κ3) is 7.30. The first-order chi connectivity index (χ1) is 22.2. The van der Waals surface area contributed by atoms with Crippen molar-refractivity contribution in [2.75, 3.05) is 26.2 Å². The monoisotopic (exact) mass is 630 g/mol. The van der Waals surface area contributed by atoms with E-state index in [1.54, 1.807) is 38.4 Å². The average molecular weight is 631 g/mol. The highest BCUT2D eigenvalue weighted by Gasteiger charge is 2.26. The number of carbonyl (C=O) groups is 4. The first-order valence-electron chi connectivity index (χ1n) is 16.0. The van der Waals surface area contributed by atoms with Crippen molar-refractivity contribution in [3.63, 3.8) is 0 Å². The molecule has 13 nitrogen and oxygen atoms in total. The molecule has 0 aliphatic carbocycles. The third-order valence-electron chi connectivity index (χ3n) is 8.61. The van der Waals surface area contributed by atoms with Gasteiger partial charge in [-0.2, -0.15) is 5.10 Å². The second kappa shape index (κ2) is 14.4. The van der Waals surface area contributed by atoms with Crippen LogP contribution in [0.15, 0.2) is 47.5 Å². The van der Waals surface area contributed by atoms with Gasteiger partial charge in [-0.05, 0) is 61.9 Å². The molecule has 4 N–H and O–H groups in total. The number of imidazole rings is 1. The van der Waals surface area contributed by atoms with Gasteiger partial charge in [-0.15, -0.1) is 0 Å². The summed E-state index contributed by atoms with van der Waals surface area (Å²) < 4.78 is 3.23. The number of hydrogen-bond donors (Lipinski definition) is 4. The Bertz CT molecular complexity index is 1800. The molecule has 13 heteroatoms. The zero-order valence-corrected chi connectivity index (χ0v) is 26.6. The molecule has 1 aliphatic heterocycles. The number of nitrogens with one attached hydrogen (secondary N) is 4. The van der Waals surface area contributed by atoms with Gasteiger partial charge in [-0.25, -0.2) is 9.31 Å². The Morgan fingerprint density at radius 3 is 2.54 bits per heavy atom. The maximum atomic E-state index is 13.8. The van der Waals surface area contributed by atoms with Crippen LogP contribution in [0.5, 0.6) is 0 Å². The molecule has 4 amide bonds. The van der Waals surface area contributed by atoms with Crippen LogP contribution in [-0.2, 0) is 16.1 Å². The van der Waals surface area contributed by atoms with Crippen LogP contribution in [-0.4, -0.2) is 79.9 Å². The highest BCUT2D eigenvalue weighted by Crippen LogP contribution is 2.17. The Labute approximate surface area is 266 Å². The number of rotatable bonds is 3. The predicted octanol–water partition coefficient (Wildman–Crippen LogP) is 2.38. The zero-order valence-electron chi connectivity index (χ0n) is 26.6. The van der Waals surface area contributed by atoms with Gasteiger partial charge in [0.15, 0.2) is 0 Å². The average Bonchev–Trinajstić information content (AvgIpc) is 3.60. The molecule has 3 aromatic heterocycles. The normalized spacial score (nSPS) is 18.5. The van der Waals surface area contributed by atoms with Crippen LogP contribution in [0.25, 0.3) is 16.6 Å². The van der Waals surface area contributed by atoms with Crippen LogP contribution >= 0.6 is 0 Å². The van der Waals surface area contributed by atoms with Crippen LogP contribution in [0.2, 0.25) is 0 Å². The lowest BCUT2D eigenvalue weighted by Gasteiger charge is -2.25. The second-order valence-electron chi connectivity index (χ2n) is 12.0. The van der Waals surface area contributed by atoms with E-state index in [4.69, 9.17) is 0 Å².